The molecule has 1 aromatic rings. The van der Waals surface area contributed by atoms with Crippen LogP contribution in [0.15, 0.2) is 10.9 Å². The molecule has 0 aliphatic carbocycles. The number of nitrogens with one attached hydrogen (secondary N) is 1. The number of aromatic carboxylic acids is 1. The molecule has 0 amide bonds. The van der Waals surface area contributed by atoms with Crippen LogP contribution in [0.5, 0.6) is 5.75 Å². The quantitative estimate of drug-likeness (QED) is 0.555. The number of carboxylic acids is 1. The van der Waals surface area contributed by atoms with E-state index >= 15 is 0 Å². The fraction of sp³-hybridized carbons (Fsp3) is 0.143. The van der Waals surface area contributed by atoms with Gasteiger partial charge in [-0.1, -0.05) is 0 Å². The Morgan fingerprint density at radius 3 is 2.67 bits per heavy atom. The highest BCUT2D eigenvalue weighted by molar-refractivity contribution is 5.88. The molecule has 0 saturated heterocycles. The van der Waals surface area contributed by atoms with Gasteiger partial charge in [-0.25, -0.2) is 4.79 Å². The molecule has 0 aromatic carbocycles. The highest BCUT2D eigenvalue weighted by Gasteiger charge is 2.12. The zero-order valence-electron chi connectivity index (χ0n) is 6.29. The zero-order valence-corrected chi connectivity index (χ0v) is 6.29. The molecule has 5 nitrogen and oxygen atoms in total. The molecule has 0 unspecified atom stereocenters. The number of hydrogen-bond donors (Lipinski definition) is 3. The molecule has 0 bridgehead atoms. The average molecular weight is 169 g/mol. The van der Waals surface area contributed by atoms with Crippen molar-refractivity contribution in [1.29, 1.82) is 0 Å². The van der Waals surface area contributed by atoms with Crippen molar-refractivity contribution in [3.05, 3.63) is 27.7 Å². The number of aryl methyl sites for hydroxylation is 1. The third-order valence-electron chi connectivity index (χ3n) is 1.35. The summed E-state index contributed by atoms with van der Waals surface area (Å²) in [6, 6.07) is 1.13. The molecule has 0 fully saturated rings. The number of hydrogen-bond acceptors (Lipinski definition) is 3. The van der Waals surface area contributed by atoms with Gasteiger partial charge in [0.1, 0.15) is 0 Å². The van der Waals surface area contributed by atoms with Gasteiger partial charge in [0.15, 0.2) is 11.4 Å². The minimum atomic E-state index is -1.35. The first-order chi connectivity index (χ1) is 5.52. The van der Waals surface area contributed by atoms with Crippen LogP contribution >= 0.6 is 0 Å². The molecule has 1 heterocycles. The maximum atomic E-state index is 10.8. The molecule has 3 N–H and O–H groups in total. The van der Waals surface area contributed by atoms with Crippen molar-refractivity contribution in [2.75, 3.05) is 0 Å². The van der Waals surface area contributed by atoms with E-state index in [2.05, 4.69) is 4.98 Å². The first-order valence-electron chi connectivity index (χ1n) is 3.18. The highest BCUT2D eigenvalue weighted by Crippen LogP contribution is 2.07. The summed E-state index contributed by atoms with van der Waals surface area (Å²) >= 11 is 0. The van der Waals surface area contributed by atoms with E-state index in [0.717, 1.165) is 6.07 Å². The summed E-state index contributed by atoms with van der Waals surface area (Å²) in [6.45, 7) is 1.54. The molecule has 0 aliphatic heterocycles. The van der Waals surface area contributed by atoms with E-state index in [4.69, 9.17) is 10.2 Å². The van der Waals surface area contributed by atoms with Gasteiger partial charge in [-0.15, -0.1) is 0 Å². The lowest BCUT2D eigenvalue weighted by Gasteiger charge is -1.99. The average Bonchev–Trinajstić information content (AvgIpc) is 1.96. The van der Waals surface area contributed by atoms with Gasteiger partial charge in [0.2, 0.25) is 5.43 Å². The van der Waals surface area contributed by atoms with Crippen molar-refractivity contribution < 1.29 is 15.0 Å². The summed E-state index contributed by atoms with van der Waals surface area (Å²) < 4.78 is 0. The van der Waals surface area contributed by atoms with Gasteiger partial charge in [-0.2, -0.15) is 0 Å². The Labute approximate surface area is 67.3 Å². The first kappa shape index (κ1) is 8.32. The fourth-order valence-electron chi connectivity index (χ4n) is 0.835. The van der Waals surface area contributed by atoms with Crippen LogP contribution in [0.1, 0.15) is 16.2 Å². The maximum absolute atomic E-state index is 10.8. The van der Waals surface area contributed by atoms with E-state index in [9.17, 15) is 9.59 Å². The summed E-state index contributed by atoms with van der Waals surface area (Å²) in [5.41, 5.74) is -0.765. The smallest absolute Gasteiger partial charge is 0.356 e. The van der Waals surface area contributed by atoms with Gasteiger partial charge in [0, 0.05) is 11.8 Å². The van der Waals surface area contributed by atoms with Crippen LogP contribution < -0.4 is 5.43 Å². The number of pyridine rings is 1. The number of rotatable bonds is 1. The Bertz CT molecular complexity index is 379. The molecular formula is C7H7NO4. The minimum Gasteiger partial charge on any atom is -0.502 e. The van der Waals surface area contributed by atoms with E-state index in [1.54, 1.807) is 0 Å². The number of aromatic amines is 1. The summed E-state index contributed by atoms with van der Waals surface area (Å²) in [6.07, 6.45) is 0. The summed E-state index contributed by atoms with van der Waals surface area (Å²) in [4.78, 5) is 23.6. The third-order valence-corrected chi connectivity index (χ3v) is 1.35. The Kier molecular flexibility index (Phi) is 1.86. The number of H-pyrrole nitrogens is 1. The minimum absolute atomic E-state index is 0.398. The summed E-state index contributed by atoms with van der Waals surface area (Å²) in [5, 5.41) is 17.5. The first-order valence-corrected chi connectivity index (χ1v) is 3.18. The van der Waals surface area contributed by atoms with Gasteiger partial charge in [-0.05, 0) is 6.92 Å². The number of aromatic hydroxyl groups is 1. The molecule has 0 spiro atoms. The van der Waals surface area contributed by atoms with Crippen LogP contribution in [0.2, 0.25) is 0 Å². The third kappa shape index (κ3) is 1.29. The molecule has 12 heavy (non-hydrogen) atoms. The normalized spacial score (nSPS) is 9.75. The lowest BCUT2D eigenvalue weighted by atomic mass is 10.3. The molecule has 1 aromatic heterocycles. The fourth-order valence-corrected chi connectivity index (χ4v) is 0.835. The Hall–Kier alpha value is -1.78. The monoisotopic (exact) mass is 169 g/mol. The topological polar surface area (TPSA) is 90.4 Å². The number of aromatic nitrogens is 1. The Morgan fingerprint density at radius 1 is 1.58 bits per heavy atom. The molecule has 0 atom stereocenters. The molecule has 64 valence electrons. The van der Waals surface area contributed by atoms with Crippen LogP contribution in [0, 0.1) is 6.92 Å². The standard InChI is InChI=1S/C7H7NO4/c1-3-2-4(9)6(10)5(8-3)7(11)12/h2,10H,1H3,(H,8,9)(H,11,12). The maximum Gasteiger partial charge on any atom is 0.356 e. The van der Waals surface area contributed by atoms with Crippen molar-refractivity contribution in [1.82, 2.24) is 4.98 Å². The Morgan fingerprint density at radius 2 is 2.17 bits per heavy atom. The van der Waals surface area contributed by atoms with Gasteiger partial charge in [0.05, 0.1) is 0 Å². The second-order valence-electron chi connectivity index (χ2n) is 2.35. The summed E-state index contributed by atoms with van der Waals surface area (Å²) in [7, 11) is 0. The second-order valence-corrected chi connectivity index (χ2v) is 2.35. The van der Waals surface area contributed by atoms with Crippen LogP contribution in [-0.4, -0.2) is 21.2 Å². The second kappa shape index (κ2) is 2.69. The zero-order chi connectivity index (χ0) is 9.30. The van der Waals surface area contributed by atoms with E-state index in [-0.39, 0.29) is 0 Å². The molecule has 0 aliphatic rings. The largest absolute Gasteiger partial charge is 0.502 e. The Balaban J connectivity index is 3.48. The molecule has 0 radical (unpaired) electrons. The van der Waals surface area contributed by atoms with Gasteiger partial charge in [-0.3, -0.25) is 4.79 Å². The lowest BCUT2D eigenvalue weighted by Crippen LogP contribution is -2.10. The SMILES string of the molecule is Cc1cc(=O)c(O)c(C(=O)O)[nH]1. The number of carboxylic acid groups (broad SMARTS) is 1. The van der Waals surface area contributed by atoms with Crippen molar-refractivity contribution in [2.45, 2.75) is 6.92 Å². The lowest BCUT2D eigenvalue weighted by molar-refractivity contribution is 0.0686. The van der Waals surface area contributed by atoms with Gasteiger partial charge >= 0.3 is 5.97 Å². The van der Waals surface area contributed by atoms with Crippen LogP contribution in [0.4, 0.5) is 0 Å². The number of carbonyl (C=O) groups is 1. The van der Waals surface area contributed by atoms with E-state index in [1.165, 1.54) is 6.92 Å². The predicted molar refractivity (Wildman–Crippen MR) is 40.4 cm³/mol. The molecule has 1 rings (SSSR count). The van der Waals surface area contributed by atoms with Gasteiger partial charge < -0.3 is 15.2 Å². The van der Waals surface area contributed by atoms with E-state index in [1.807, 2.05) is 0 Å². The van der Waals surface area contributed by atoms with Crippen molar-refractivity contribution >= 4 is 5.97 Å². The molecule has 5 heteroatoms. The van der Waals surface area contributed by atoms with Crippen LogP contribution in [0.25, 0.3) is 0 Å². The van der Waals surface area contributed by atoms with Gasteiger partial charge in [0.25, 0.3) is 0 Å². The van der Waals surface area contributed by atoms with Crippen LogP contribution in [-0.2, 0) is 0 Å². The summed E-state index contributed by atoms with van der Waals surface area (Å²) in [5.74, 6) is -2.11. The molecular weight excluding hydrogens is 162 g/mol. The van der Waals surface area contributed by atoms with E-state index < -0.39 is 22.8 Å². The highest BCUT2D eigenvalue weighted by atomic mass is 16.4. The van der Waals surface area contributed by atoms with Crippen LogP contribution in [0.3, 0.4) is 0 Å². The molecule has 0 saturated carbocycles. The van der Waals surface area contributed by atoms with Crippen molar-refractivity contribution in [2.24, 2.45) is 0 Å². The van der Waals surface area contributed by atoms with Crippen molar-refractivity contribution in [3.63, 3.8) is 0 Å². The van der Waals surface area contributed by atoms with Crippen molar-refractivity contribution in [3.8, 4) is 5.75 Å². The predicted octanol–water partition coefficient (Wildman–Crippen LogP) is 0.0871. The van der Waals surface area contributed by atoms with E-state index in [0.29, 0.717) is 5.69 Å².